The quantitative estimate of drug-likeness (QED) is 0.819. The van der Waals surface area contributed by atoms with Gasteiger partial charge in [-0.2, -0.15) is 0 Å². The number of rotatable bonds is 5. The van der Waals surface area contributed by atoms with Crippen LogP contribution in [0.25, 0.3) is 0 Å². The van der Waals surface area contributed by atoms with E-state index in [1.165, 1.54) is 11.3 Å². The van der Waals surface area contributed by atoms with Crippen LogP contribution in [0.15, 0.2) is 35.7 Å². The summed E-state index contributed by atoms with van der Waals surface area (Å²) >= 11 is 13.1. The minimum absolute atomic E-state index is 0.162. The van der Waals surface area contributed by atoms with E-state index < -0.39 is 24.4 Å². The summed E-state index contributed by atoms with van der Waals surface area (Å²) in [4.78, 5) is 35.4. The zero-order chi connectivity index (χ0) is 16.8. The molecule has 2 rings (SSSR count). The van der Waals surface area contributed by atoms with E-state index in [1.807, 2.05) is 0 Å². The summed E-state index contributed by atoms with van der Waals surface area (Å²) in [6.45, 7) is -0.558. The molecule has 1 aromatic carbocycles. The van der Waals surface area contributed by atoms with Crippen molar-refractivity contribution in [2.45, 2.75) is 6.42 Å². The van der Waals surface area contributed by atoms with Gasteiger partial charge in [-0.3, -0.25) is 19.7 Å². The number of benzene rings is 1. The van der Waals surface area contributed by atoms with Crippen LogP contribution in [0.3, 0.4) is 0 Å². The molecule has 23 heavy (non-hydrogen) atoms. The lowest BCUT2D eigenvalue weighted by molar-refractivity contribution is -0.147. The lowest BCUT2D eigenvalue weighted by atomic mass is 10.1. The molecule has 1 heterocycles. The molecule has 0 radical (unpaired) electrons. The maximum Gasteiger partial charge on any atom is 0.310 e. The van der Waals surface area contributed by atoms with Crippen LogP contribution >= 0.6 is 34.5 Å². The van der Waals surface area contributed by atoms with Crippen molar-refractivity contribution in [1.82, 2.24) is 5.32 Å². The third-order valence-electron chi connectivity index (χ3n) is 2.74. The molecule has 0 aliphatic rings. The largest absolute Gasteiger partial charge is 0.455 e. The van der Waals surface area contributed by atoms with Gasteiger partial charge in [-0.05, 0) is 23.6 Å². The van der Waals surface area contributed by atoms with Crippen molar-refractivity contribution in [3.05, 3.63) is 56.2 Å². The second-order valence-electron chi connectivity index (χ2n) is 4.39. The van der Waals surface area contributed by atoms with Gasteiger partial charge in [0.1, 0.15) is 0 Å². The zero-order valence-electron chi connectivity index (χ0n) is 11.7. The average Bonchev–Trinajstić information content (AvgIpc) is 3.03. The molecule has 0 saturated carbocycles. The first kappa shape index (κ1) is 17.5. The first-order chi connectivity index (χ1) is 11.0. The summed E-state index contributed by atoms with van der Waals surface area (Å²) in [5, 5.41) is 4.52. The summed E-state index contributed by atoms with van der Waals surface area (Å²) in [5.41, 5.74) is 0.427. The number of hydrogen-bond acceptors (Lipinski definition) is 5. The maximum absolute atomic E-state index is 11.7. The summed E-state index contributed by atoms with van der Waals surface area (Å²) in [6.07, 6.45) is -0.162. The fourth-order valence-corrected chi connectivity index (χ4v) is 2.82. The molecule has 120 valence electrons. The molecule has 0 atom stereocenters. The molecule has 0 bridgehead atoms. The summed E-state index contributed by atoms with van der Waals surface area (Å²) in [7, 11) is 0. The molecular formula is C15H11Cl2NO4S. The molecule has 0 unspecified atom stereocenters. The van der Waals surface area contributed by atoms with Gasteiger partial charge in [0.2, 0.25) is 0 Å². The van der Waals surface area contributed by atoms with Crippen molar-refractivity contribution in [3.8, 4) is 0 Å². The van der Waals surface area contributed by atoms with E-state index in [1.54, 1.807) is 35.7 Å². The van der Waals surface area contributed by atoms with Gasteiger partial charge in [0, 0.05) is 15.6 Å². The Bertz CT molecular complexity index is 711. The Morgan fingerprint density at radius 3 is 2.39 bits per heavy atom. The normalized spacial score (nSPS) is 10.2. The second kappa shape index (κ2) is 8.10. The molecule has 0 aliphatic heterocycles. The van der Waals surface area contributed by atoms with Gasteiger partial charge in [0.15, 0.2) is 6.61 Å². The highest BCUT2D eigenvalue weighted by Gasteiger charge is 2.15. The van der Waals surface area contributed by atoms with Crippen LogP contribution in [0, 0.1) is 0 Å². The molecule has 2 aromatic rings. The molecule has 0 fully saturated rings. The predicted octanol–water partition coefficient (Wildman–Crippen LogP) is 3.10. The number of ether oxygens (including phenoxy) is 1. The Kier molecular flexibility index (Phi) is 6.15. The van der Waals surface area contributed by atoms with Crippen molar-refractivity contribution in [1.29, 1.82) is 0 Å². The monoisotopic (exact) mass is 371 g/mol. The van der Waals surface area contributed by atoms with E-state index in [0.717, 1.165) is 0 Å². The third kappa shape index (κ3) is 5.06. The van der Waals surface area contributed by atoms with E-state index in [2.05, 4.69) is 5.32 Å². The van der Waals surface area contributed by atoms with Gasteiger partial charge in [0.25, 0.3) is 11.8 Å². The number of imide groups is 1. The van der Waals surface area contributed by atoms with E-state index in [9.17, 15) is 14.4 Å². The molecule has 8 heteroatoms. The fraction of sp³-hybridized carbons (Fsp3) is 0.133. The number of halogens is 2. The van der Waals surface area contributed by atoms with E-state index >= 15 is 0 Å². The molecule has 1 N–H and O–H groups in total. The Morgan fingerprint density at radius 1 is 1.09 bits per heavy atom. The molecular weight excluding hydrogens is 361 g/mol. The Hall–Kier alpha value is -1.89. The van der Waals surface area contributed by atoms with Crippen LogP contribution in [0.5, 0.6) is 0 Å². The smallest absolute Gasteiger partial charge is 0.310 e. The second-order valence-corrected chi connectivity index (χ2v) is 6.15. The lowest BCUT2D eigenvalue weighted by Crippen LogP contribution is -2.33. The molecule has 1 aromatic heterocycles. The van der Waals surface area contributed by atoms with Crippen LogP contribution in [0.2, 0.25) is 10.0 Å². The minimum Gasteiger partial charge on any atom is -0.455 e. The van der Waals surface area contributed by atoms with Crippen LogP contribution < -0.4 is 5.32 Å². The van der Waals surface area contributed by atoms with Crippen molar-refractivity contribution >= 4 is 52.3 Å². The average molecular weight is 372 g/mol. The van der Waals surface area contributed by atoms with Gasteiger partial charge in [-0.15, -0.1) is 11.3 Å². The topological polar surface area (TPSA) is 72.5 Å². The zero-order valence-corrected chi connectivity index (χ0v) is 14.0. The van der Waals surface area contributed by atoms with E-state index in [-0.39, 0.29) is 6.42 Å². The van der Waals surface area contributed by atoms with Crippen molar-refractivity contribution in [2.75, 3.05) is 6.61 Å². The maximum atomic E-state index is 11.7. The van der Waals surface area contributed by atoms with Gasteiger partial charge >= 0.3 is 5.97 Å². The van der Waals surface area contributed by atoms with Crippen LogP contribution in [-0.2, 0) is 20.7 Å². The summed E-state index contributed by atoms with van der Waals surface area (Å²) in [6, 6.07) is 8.13. The number of carbonyl (C=O) groups is 3. The van der Waals surface area contributed by atoms with Crippen LogP contribution in [-0.4, -0.2) is 24.4 Å². The highest BCUT2D eigenvalue weighted by molar-refractivity contribution is 7.12. The van der Waals surface area contributed by atoms with Crippen molar-refractivity contribution < 1.29 is 19.1 Å². The molecule has 5 nitrogen and oxygen atoms in total. The molecule has 2 amide bonds. The number of esters is 1. The predicted molar refractivity (Wildman–Crippen MR) is 87.9 cm³/mol. The molecule has 0 spiro atoms. The summed E-state index contributed by atoms with van der Waals surface area (Å²) in [5.74, 6) is -1.91. The van der Waals surface area contributed by atoms with Gasteiger partial charge in [0.05, 0.1) is 11.3 Å². The highest BCUT2D eigenvalue weighted by atomic mass is 35.5. The first-order valence-electron chi connectivity index (χ1n) is 6.43. The number of nitrogens with one attached hydrogen (secondary N) is 1. The summed E-state index contributed by atoms with van der Waals surface area (Å²) < 4.78 is 4.82. The van der Waals surface area contributed by atoms with E-state index in [4.69, 9.17) is 27.9 Å². The first-order valence-corrected chi connectivity index (χ1v) is 8.07. The lowest BCUT2D eigenvalue weighted by Gasteiger charge is -2.07. The molecule has 0 aliphatic carbocycles. The van der Waals surface area contributed by atoms with Gasteiger partial charge in [-0.25, -0.2) is 0 Å². The number of thiophene rings is 1. The standard InChI is InChI=1S/C15H11Cl2NO4S/c16-10-3-1-4-11(17)9(10)7-14(20)22-8-13(19)18-15(21)12-5-2-6-23-12/h1-6H,7-8H2,(H,18,19,21). The Morgan fingerprint density at radius 2 is 1.78 bits per heavy atom. The fourth-order valence-electron chi connectivity index (χ4n) is 1.67. The number of carbonyl (C=O) groups excluding carboxylic acids is 3. The number of amides is 2. The van der Waals surface area contributed by atoms with Crippen molar-refractivity contribution in [3.63, 3.8) is 0 Å². The Balaban J connectivity index is 1.82. The van der Waals surface area contributed by atoms with Crippen molar-refractivity contribution in [2.24, 2.45) is 0 Å². The number of hydrogen-bond donors (Lipinski definition) is 1. The van der Waals surface area contributed by atoms with Gasteiger partial charge < -0.3 is 4.74 Å². The van der Waals surface area contributed by atoms with Crippen LogP contribution in [0.1, 0.15) is 15.2 Å². The SMILES string of the molecule is O=C(COC(=O)Cc1c(Cl)cccc1Cl)NC(=O)c1cccs1. The third-order valence-corrected chi connectivity index (χ3v) is 4.32. The van der Waals surface area contributed by atoms with E-state index in [0.29, 0.717) is 20.5 Å². The Labute approximate surface area is 146 Å². The highest BCUT2D eigenvalue weighted by Crippen LogP contribution is 2.24. The molecule has 0 saturated heterocycles. The van der Waals surface area contributed by atoms with Gasteiger partial charge in [-0.1, -0.05) is 35.3 Å². The van der Waals surface area contributed by atoms with Crippen LogP contribution in [0.4, 0.5) is 0 Å². The minimum atomic E-state index is -0.706.